The van der Waals surface area contributed by atoms with Gasteiger partial charge in [-0.2, -0.15) is 0 Å². The van der Waals surface area contributed by atoms with Gasteiger partial charge in [0.05, 0.1) is 5.69 Å². The predicted octanol–water partition coefficient (Wildman–Crippen LogP) is 2.73. The van der Waals surface area contributed by atoms with Crippen molar-refractivity contribution in [2.24, 2.45) is 11.1 Å². The second kappa shape index (κ2) is 4.94. The minimum absolute atomic E-state index is 0.115. The third kappa shape index (κ3) is 3.11. The van der Waals surface area contributed by atoms with Gasteiger partial charge in [-0.3, -0.25) is 4.98 Å². The molecule has 2 aromatic heterocycles. The normalized spacial score (nSPS) is 11.7. The molecule has 0 spiro atoms. The van der Waals surface area contributed by atoms with E-state index in [1.807, 2.05) is 12.1 Å². The molecule has 0 aromatic carbocycles. The zero-order chi connectivity index (χ0) is 12.3. The summed E-state index contributed by atoms with van der Waals surface area (Å²) in [5, 5.41) is 3.17. The summed E-state index contributed by atoms with van der Waals surface area (Å²) in [6, 6.07) is 3.97. The van der Waals surface area contributed by atoms with Gasteiger partial charge in [-0.25, -0.2) is 4.98 Å². The Morgan fingerprint density at radius 1 is 1.29 bits per heavy atom. The summed E-state index contributed by atoms with van der Waals surface area (Å²) < 4.78 is 0. The van der Waals surface area contributed by atoms with Crippen LogP contribution in [-0.2, 0) is 6.42 Å². The monoisotopic (exact) mass is 247 g/mol. The van der Waals surface area contributed by atoms with Crippen molar-refractivity contribution in [1.82, 2.24) is 9.97 Å². The number of thiazole rings is 1. The highest BCUT2D eigenvalue weighted by Gasteiger charge is 2.18. The van der Waals surface area contributed by atoms with Crippen molar-refractivity contribution in [3.05, 3.63) is 35.6 Å². The Balaban J connectivity index is 2.17. The molecule has 0 aliphatic rings. The molecule has 0 amide bonds. The van der Waals surface area contributed by atoms with Gasteiger partial charge in [-0.05, 0) is 30.5 Å². The van der Waals surface area contributed by atoms with E-state index < -0.39 is 0 Å². The first-order chi connectivity index (χ1) is 8.11. The van der Waals surface area contributed by atoms with Crippen molar-refractivity contribution in [3.8, 4) is 10.6 Å². The Kier molecular flexibility index (Phi) is 3.54. The molecule has 0 aliphatic carbocycles. The fourth-order valence-electron chi connectivity index (χ4n) is 1.58. The molecule has 0 radical (unpaired) electrons. The third-order valence-electron chi connectivity index (χ3n) is 2.69. The molecule has 0 saturated carbocycles. The largest absolute Gasteiger partial charge is 0.330 e. The van der Waals surface area contributed by atoms with Crippen molar-refractivity contribution in [1.29, 1.82) is 0 Å². The van der Waals surface area contributed by atoms with Gasteiger partial charge in [0.1, 0.15) is 5.01 Å². The van der Waals surface area contributed by atoms with E-state index in [0.717, 1.165) is 22.7 Å². The Labute approximate surface area is 106 Å². The van der Waals surface area contributed by atoms with E-state index in [9.17, 15) is 0 Å². The summed E-state index contributed by atoms with van der Waals surface area (Å²) in [6.07, 6.45) is 4.51. The van der Waals surface area contributed by atoms with E-state index >= 15 is 0 Å². The summed E-state index contributed by atoms with van der Waals surface area (Å²) in [6.45, 7) is 5.01. The highest BCUT2D eigenvalue weighted by molar-refractivity contribution is 7.13. The second-order valence-electron chi connectivity index (χ2n) is 4.92. The van der Waals surface area contributed by atoms with Gasteiger partial charge in [0.25, 0.3) is 0 Å². The van der Waals surface area contributed by atoms with Gasteiger partial charge in [-0.15, -0.1) is 11.3 Å². The number of hydrogen-bond acceptors (Lipinski definition) is 4. The van der Waals surface area contributed by atoms with Gasteiger partial charge in [0.15, 0.2) is 0 Å². The number of hydrogen-bond donors (Lipinski definition) is 1. The van der Waals surface area contributed by atoms with Crippen LogP contribution in [0.1, 0.15) is 19.5 Å². The number of rotatable bonds is 4. The van der Waals surface area contributed by atoms with E-state index in [-0.39, 0.29) is 5.41 Å². The maximum absolute atomic E-state index is 5.74. The lowest BCUT2D eigenvalue weighted by Crippen LogP contribution is -2.26. The molecule has 0 fully saturated rings. The molecule has 4 heteroatoms. The Hall–Kier alpha value is -1.26. The maximum Gasteiger partial charge on any atom is 0.123 e. The molecule has 2 heterocycles. The van der Waals surface area contributed by atoms with Crippen molar-refractivity contribution in [3.63, 3.8) is 0 Å². The zero-order valence-corrected chi connectivity index (χ0v) is 11.0. The molecule has 0 bridgehead atoms. The van der Waals surface area contributed by atoms with Crippen LogP contribution >= 0.6 is 11.3 Å². The standard InChI is InChI=1S/C13H17N3S/c1-13(2,9-14)7-11-8-17-12(16-11)10-3-5-15-6-4-10/h3-6,8H,7,9,14H2,1-2H3. The molecule has 90 valence electrons. The minimum Gasteiger partial charge on any atom is -0.330 e. The van der Waals surface area contributed by atoms with E-state index in [1.165, 1.54) is 0 Å². The summed E-state index contributed by atoms with van der Waals surface area (Å²) in [5.74, 6) is 0. The molecule has 17 heavy (non-hydrogen) atoms. The van der Waals surface area contributed by atoms with Gasteiger partial charge >= 0.3 is 0 Å². The van der Waals surface area contributed by atoms with Gasteiger partial charge < -0.3 is 5.73 Å². The summed E-state index contributed by atoms with van der Waals surface area (Å²) in [5.41, 5.74) is 8.10. The van der Waals surface area contributed by atoms with Crippen LogP contribution in [0.4, 0.5) is 0 Å². The fourth-order valence-corrected chi connectivity index (χ4v) is 2.40. The van der Waals surface area contributed by atoms with Crippen molar-refractivity contribution in [2.45, 2.75) is 20.3 Å². The van der Waals surface area contributed by atoms with E-state index in [1.54, 1.807) is 23.7 Å². The Morgan fingerprint density at radius 3 is 2.65 bits per heavy atom. The third-order valence-corrected chi connectivity index (χ3v) is 3.63. The molecular weight excluding hydrogens is 230 g/mol. The predicted molar refractivity (Wildman–Crippen MR) is 71.9 cm³/mol. The molecule has 2 aromatic rings. The fraction of sp³-hybridized carbons (Fsp3) is 0.385. The first-order valence-electron chi connectivity index (χ1n) is 5.66. The molecule has 0 unspecified atom stereocenters. The van der Waals surface area contributed by atoms with Crippen LogP contribution in [0.3, 0.4) is 0 Å². The molecule has 3 nitrogen and oxygen atoms in total. The molecule has 0 aliphatic heterocycles. The Morgan fingerprint density at radius 2 is 2.00 bits per heavy atom. The molecule has 2 N–H and O–H groups in total. The first kappa shape index (κ1) is 12.2. The summed E-state index contributed by atoms with van der Waals surface area (Å²) in [4.78, 5) is 8.66. The molecule has 2 rings (SSSR count). The van der Waals surface area contributed by atoms with Crippen LogP contribution in [-0.4, -0.2) is 16.5 Å². The van der Waals surface area contributed by atoms with E-state index in [2.05, 4.69) is 29.2 Å². The number of nitrogens with zero attached hydrogens (tertiary/aromatic N) is 2. The number of nitrogens with two attached hydrogens (primary N) is 1. The molecule has 0 atom stereocenters. The highest BCUT2D eigenvalue weighted by Crippen LogP contribution is 2.26. The minimum atomic E-state index is 0.115. The van der Waals surface area contributed by atoms with E-state index in [0.29, 0.717) is 6.54 Å². The average molecular weight is 247 g/mol. The Bertz CT molecular complexity index is 476. The van der Waals surface area contributed by atoms with Crippen LogP contribution in [0.5, 0.6) is 0 Å². The average Bonchev–Trinajstić information content (AvgIpc) is 2.78. The topological polar surface area (TPSA) is 51.8 Å². The second-order valence-corrected chi connectivity index (χ2v) is 5.78. The summed E-state index contributed by atoms with van der Waals surface area (Å²) >= 11 is 1.67. The SMILES string of the molecule is CC(C)(CN)Cc1csc(-c2ccncc2)n1. The lowest BCUT2D eigenvalue weighted by Gasteiger charge is -2.20. The number of pyridine rings is 1. The number of aromatic nitrogens is 2. The van der Waals surface area contributed by atoms with Crippen LogP contribution in [0.15, 0.2) is 29.9 Å². The van der Waals surface area contributed by atoms with Gasteiger partial charge in [-0.1, -0.05) is 13.8 Å². The maximum atomic E-state index is 5.74. The van der Waals surface area contributed by atoms with E-state index in [4.69, 9.17) is 5.73 Å². The van der Waals surface area contributed by atoms with Crippen LogP contribution in [0.25, 0.3) is 10.6 Å². The highest BCUT2D eigenvalue weighted by atomic mass is 32.1. The summed E-state index contributed by atoms with van der Waals surface area (Å²) in [7, 11) is 0. The smallest absolute Gasteiger partial charge is 0.123 e. The molecule has 0 saturated heterocycles. The first-order valence-corrected chi connectivity index (χ1v) is 6.53. The molecular formula is C13H17N3S. The lowest BCUT2D eigenvalue weighted by molar-refractivity contribution is 0.373. The van der Waals surface area contributed by atoms with Crippen LogP contribution < -0.4 is 5.73 Å². The van der Waals surface area contributed by atoms with Crippen LogP contribution in [0, 0.1) is 5.41 Å². The lowest BCUT2D eigenvalue weighted by atomic mass is 9.88. The van der Waals surface area contributed by atoms with Gasteiger partial charge in [0, 0.05) is 23.3 Å². The quantitative estimate of drug-likeness (QED) is 0.903. The van der Waals surface area contributed by atoms with Gasteiger partial charge in [0.2, 0.25) is 0 Å². The van der Waals surface area contributed by atoms with Crippen molar-refractivity contribution >= 4 is 11.3 Å². The van der Waals surface area contributed by atoms with Crippen molar-refractivity contribution in [2.75, 3.05) is 6.54 Å². The van der Waals surface area contributed by atoms with Crippen LogP contribution in [0.2, 0.25) is 0 Å². The zero-order valence-electron chi connectivity index (χ0n) is 10.2. The van der Waals surface area contributed by atoms with Crippen molar-refractivity contribution < 1.29 is 0 Å².